The molecule has 0 saturated carbocycles. The number of aromatic carboxylic acids is 1. The molecule has 9 heteroatoms. The topological polar surface area (TPSA) is 104 Å². The minimum Gasteiger partial charge on any atom is -0.476 e. The summed E-state index contributed by atoms with van der Waals surface area (Å²) in [6.07, 6.45) is 2.43. The lowest BCUT2D eigenvalue weighted by Crippen LogP contribution is -2.51. The summed E-state index contributed by atoms with van der Waals surface area (Å²) in [4.78, 5) is 46.5. The van der Waals surface area contributed by atoms with E-state index in [0.717, 1.165) is 18.0 Å². The first-order chi connectivity index (χ1) is 13.0. The van der Waals surface area contributed by atoms with Crippen molar-refractivity contribution in [3.8, 4) is 0 Å². The molecule has 0 radical (unpaired) electrons. The number of carbonyl (C=O) groups is 3. The largest absolute Gasteiger partial charge is 0.476 e. The molecule has 8 nitrogen and oxygen atoms in total. The summed E-state index contributed by atoms with van der Waals surface area (Å²) in [5.41, 5.74) is 0.633. The predicted octanol–water partition coefficient (Wildman–Crippen LogP) is 1.36. The van der Waals surface area contributed by atoms with Gasteiger partial charge in [-0.1, -0.05) is 29.8 Å². The Morgan fingerprint density at radius 1 is 0.963 bits per heavy atom. The van der Waals surface area contributed by atoms with Gasteiger partial charge in [-0.2, -0.15) is 0 Å². The number of nitrogens with zero attached hydrogens (tertiary/aromatic N) is 4. The number of hydrogen-bond acceptors (Lipinski definition) is 5. The number of carbonyl (C=O) groups excluding carboxylic acids is 2. The van der Waals surface area contributed by atoms with Crippen LogP contribution in [0.2, 0.25) is 5.02 Å². The van der Waals surface area contributed by atoms with Gasteiger partial charge in [-0.15, -0.1) is 0 Å². The molecule has 1 aliphatic rings. The summed E-state index contributed by atoms with van der Waals surface area (Å²) >= 11 is 6.10. The van der Waals surface area contributed by atoms with Crippen LogP contribution < -0.4 is 0 Å². The Morgan fingerprint density at radius 3 is 2.15 bits per heavy atom. The first-order valence-electron chi connectivity index (χ1n) is 8.31. The summed E-state index contributed by atoms with van der Waals surface area (Å²) in [7, 11) is 0. The zero-order chi connectivity index (χ0) is 19.4. The molecular weight excluding hydrogens is 372 g/mol. The number of halogens is 1. The molecule has 0 spiro atoms. The Bertz CT molecular complexity index is 864. The van der Waals surface area contributed by atoms with E-state index in [1.54, 1.807) is 15.9 Å². The van der Waals surface area contributed by atoms with Crippen molar-refractivity contribution in [3.63, 3.8) is 0 Å². The minimum absolute atomic E-state index is 0.0409. The van der Waals surface area contributed by atoms with Crippen LogP contribution in [-0.2, 0) is 11.2 Å². The van der Waals surface area contributed by atoms with E-state index in [1.165, 1.54) is 0 Å². The van der Waals surface area contributed by atoms with Crippen LogP contribution in [0.25, 0.3) is 0 Å². The van der Waals surface area contributed by atoms with E-state index < -0.39 is 5.97 Å². The Hall–Kier alpha value is -3.00. The van der Waals surface area contributed by atoms with Gasteiger partial charge < -0.3 is 14.9 Å². The van der Waals surface area contributed by atoms with Gasteiger partial charge in [0.25, 0.3) is 5.91 Å². The van der Waals surface area contributed by atoms with E-state index in [1.807, 2.05) is 18.2 Å². The number of aromatic nitrogens is 2. The van der Waals surface area contributed by atoms with Crippen molar-refractivity contribution in [2.75, 3.05) is 26.2 Å². The third-order valence-corrected chi connectivity index (χ3v) is 4.68. The van der Waals surface area contributed by atoms with Crippen molar-refractivity contribution in [2.24, 2.45) is 0 Å². The van der Waals surface area contributed by atoms with E-state index in [9.17, 15) is 14.4 Å². The van der Waals surface area contributed by atoms with Gasteiger partial charge in [0, 0.05) is 31.2 Å². The molecular formula is C18H17ClN4O4. The third-order valence-electron chi connectivity index (χ3n) is 4.31. The highest BCUT2D eigenvalue weighted by Gasteiger charge is 2.26. The van der Waals surface area contributed by atoms with Crippen LogP contribution in [0, 0.1) is 0 Å². The van der Waals surface area contributed by atoms with Crippen LogP contribution in [0.1, 0.15) is 26.5 Å². The first-order valence-corrected chi connectivity index (χ1v) is 8.69. The summed E-state index contributed by atoms with van der Waals surface area (Å²) in [5, 5.41) is 9.38. The molecule has 2 amide bonds. The molecule has 140 valence electrons. The number of carboxylic acid groups (broad SMARTS) is 1. The van der Waals surface area contributed by atoms with Crippen molar-refractivity contribution in [1.29, 1.82) is 0 Å². The van der Waals surface area contributed by atoms with Crippen molar-refractivity contribution < 1.29 is 19.5 Å². The second-order valence-electron chi connectivity index (χ2n) is 6.03. The van der Waals surface area contributed by atoms with Gasteiger partial charge in [0.2, 0.25) is 5.91 Å². The van der Waals surface area contributed by atoms with E-state index in [-0.39, 0.29) is 29.6 Å². The monoisotopic (exact) mass is 388 g/mol. The molecule has 2 aromatic rings. The fraction of sp³-hybridized carbons (Fsp3) is 0.278. The van der Waals surface area contributed by atoms with Crippen molar-refractivity contribution in [1.82, 2.24) is 19.8 Å². The number of hydrogen-bond donors (Lipinski definition) is 1. The molecule has 0 unspecified atom stereocenters. The smallest absolute Gasteiger partial charge is 0.356 e. The number of carboxylic acids is 1. The fourth-order valence-corrected chi connectivity index (χ4v) is 2.99. The maximum Gasteiger partial charge on any atom is 0.356 e. The highest BCUT2D eigenvalue weighted by atomic mass is 35.5. The van der Waals surface area contributed by atoms with E-state index >= 15 is 0 Å². The van der Waals surface area contributed by atoms with Crippen LogP contribution in [-0.4, -0.2) is 68.8 Å². The Morgan fingerprint density at radius 2 is 1.56 bits per heavy atom. The number of piperazine rings is 1. The Kier molecular flexibility index (Phi) is 5.66. The molecule has 1 N–H and O–H groups in total. The molecule has 0 bridgehead atoms. The van der Waals surface area contributed by atoms with Crippen LogP contribution in [0.4, 0.5) is 0 Å². The van der Waals surface area contributed by atoms with Gasteiger partial charge in [-0.3, -0.25) is 9.59 Å². The zero-order valence-electron chi connectivity index (χ0n) is 14.3. The molecule has 1 aromatic heterocycles. The molecule has 2 heterocycles. The summed E-state index contributed by atoms with van der Waals surface area (Å²) < 4.78 is 0. The van der Waals surface area contributed by atoms with Gasteiger partial charge in [-0.05, 0) is 11.6 Å². The second kappa shape index (κ2) is 8.13. The average Bonchev–Trinajstić information content (AvgIpc) is 2.69. The third kappa shape index (κ3) is 4.40. The maximum absolute atomic E-state index is 12.5. The highest BCUT2D eigenvalue weighted by molar-refractivity contribution is 6.31. The summed E-state index contributed by atoms with van der Waals surface area (Å²) in [6.45, 7) is 1.57. The van der Waals surface area contributed by atoms with Crippen molar-refractivity contribution >= 4 is 29.4 Å². The maximum atomic E-state index is 12.5. The lowest BCUT2D eigenvalue weighted by Gasteiger charge is -2.34. The highest BCUT2D eigenvalue weighted by Crippen LogP contribution is 2.17. The molecule has 1 aliphatic heterocycles. The molecule has 1 fully saturated rings. The van der Waals surface area contributed by atoms with Gasteiger partial charge in [-0.25, -0.2) is 14.8 Å². The molecule has 3 rings (SSSR count). The van der Waals surface area contributed by atoms with Crippen LogP contribution in [0.3, 0.4) is 0 Å². The van der Waals surface area contributed by atoms with Crippen molar-refractivity contribution in [2.45, 2.75) is 6.42 Å². The first kappa shape index (κ1) is 18.8. The predicted molar refractivity (Wildman–Crippen MR) is 96.6 cm³/mol. The molecule has 0 atom stereocenters. The van der Waals surface area contributed by atoms with Crippen molar-refractivity contribution in [3.05, 3.63) is 58.6 Å². The molecule has 1 saturated heterocycles. The number of rotatable bonds is 4. The molecule has 1 aromatic carbocycles. The van der Waals surface area contributed by atoms with E-state index in [0.29, 0.717) is 31.2 Å². The summed E-state index contributed by atoms with van der Waals surface area (Å²) in [5.74, 6) is -1.58. The minimum atomic E-state index is -1.20. The average molecular weight is 389 g/mol. The quantitative estimate of drug-likeness (QED) is 0.848. The standard InChI is InChI=1S/C18H17ClN4O4/c19-13-4-2-1-3-12(13)9-16(24)22-5-7-23(8-6-22)17(25)14-10-21-15(11-20-14)18(26)27/h1-4,10-11H,5-9H2,(H,26,27). The molecule has 27 heavy (non-hydrogen) atoms. The Balaban J connectivity index is 1.56. The molecule has 0 aliphatic carbocycles. The number of amides is 2. The summed E-state index contributed by atoms with van der Waals surface area (Å²) in [6, 6.07) is 7.21. The van der Waals surface area contributed by atoms with Crippen LogP contribution in [0.5, 0.6) is 0 Å². The number of benzene rings is 1. The lowest BCUT2D eigenvalue weighted by molar-refractivity contribution is -0.131. The second-order valence-corrected chi connectivity index (χ2v) is 6.44. The zero-order valence-corrected chi connectivity index (χ0v) is 15.1. The van der Waals surface area contributed by atoms with E-state index in [2.05, 4.69) is 9.97 Å². The van der Waals surface area contributed by atoms with Crippen LogP contribution >= 0.6 is 11.6 Å². The fourth-order valence-electron chi connectivity index (χ4n) is 2.79. The van der Waals surface area contributed by atoms with Gasteiger partial charge in [0.1, 0.15) is 5.69 Å². The Labute approximate surface area is 160 Å². The van der Waals surface area contributed by atoms with Gasteiger partial charge >= 0.3 is 5.97 Å². The lowest BCUT2D eigenvalue weighted by atomic mass is 10.1. The van der Waals surface area contributed by atoms with Gasteiger partial charge in [0.15, 0.2) is 5.69 Å². The van der Waals surface area contributed by atoms with E-state index in [4.69, 9.17) is 16.7 Å². The van der Waals surface area contributed by atoms with Crippen LogP contribution in [0.15, 0.2) is 36.7 Å². The SMILES string of the molecule is O=C(O)c1cnc(C(=O)N2CCN(C(=O)Cc3ccccc3Cl)CC2)cn1. The van der Waals surface area contributed by atoms with Gasteiger partial charge in [0.05, 0.1) is 18.8 Å². The normalized spacial score (nSPS) is 14.1.